The summed E-state index contributed by atoms with van der Waals surface area (Å²) in [5.41, 5.74) is 6.92. The fraction of sp³-hybridized carbons (Fsp3) is 0.500. The molecule has 3 rings (SSSR count). The van der Waals surface area contributed by atoms with E-state index in [1.54, 1.807) is 12.1 Å². The van der Waals surface area contributed by atoms with Crippen molar-refractivity contribution in [2.45, 2.75) is 25.4 Å². The maximum Gasteiger partial charge on any atom is 0.253 e. The van der Waals surface area contributed by atoms with Gasteiger partial charge >= 0.3 is 0 Å². The standard InChI is InChI=1S/C14H18N2O4/c15-9-7-12-13(20-6-5-19-12)8-10(9)16-14(17)11-3-1-2-4-18-11/h7-8,11H,1-6,15H2,(H,16,17). The van der Waals surface area contributed by atoms with Crippen LogP contribution in [0.25, 0.3) is 0 Å². The minimum Gasteiger partial charge on any atom is -0.486 e. The Labute approximate surface area is 117 Å². The van der Waals surface area contributed by atoms with Crippen molar-refractivity contribution < 1.29 is 19.0 Å². The first-order valence-corrected chi connectivity index (χ1v) is 6.85. The number of fused-ring (bicyclic) bond motifs is 1. The molecule has 0 aromatic heterocycles. The number of ether oxygens (including phenoxy) is 3. The molecule has 2 aliphatic rings. The maximum atomic E-state index is 12.1. The van der Waals surface area contributed by atoms with Crippen LogP contribution in [-0.4, -0.2) is 31.8 Å². The Balaban J connectivity index is 1.74. The summed E-state index contributed by atoms with van der Waals surface area (Å²) < 4.78 is 16.4. The van der Waals surface area contributed by atoms with E-state index < -0.39 is 6.10 Å². The van der Waals surface area contributed by atoms with Crippen LogP contribution in [0.2, 0.25) is 0 Å². The summed E-state index contributed by atoms with van der Waals surface area (Å²) in [6, 6.07) is 3.37. The molecule has 6 nitrogen and oxygen atoms in total. The number of amides is 1. The molecule has 0 spiro atoms. The van der Waals surface area contributed by atoms with Crippen LogP contribution in [0.1, 0.15) is 19.3 Å². The Hall–Kier alpha value is -1.95. The van der Waals surface area contributed by atoms with Crippen LogP contribution in [0.15, 0.2) is 12.1 Å². The van der Waals surface area contributed by atoms with Gasteiger partial charge in [-0.15, -0.1) is 0 Å². The van der Waals surface area contributed by atoms with E-state index in [2.05, 4.69) is 5.32 Å². The second-order valence-electron chi connectivity index (χ2n) is 4.93. The van der Waals surface area contributed by atoms with E-state index in [1.165, 1.54) is 0 Å². The van der Waals surface area contributed by atoms with E-state index in [4.69, 9.17) is 19.9 Å². The topological polar surface area (TPSA) is 82.8 Å². The number of nitrogens with two attached hydrogens (primary N) is 1. The van der Waals surface area contributed by atoms with Crippen LogP contribution < -0.4 is 20.5 Å². The molecule has 0 saturated carbocycles. The molecular formula is C14H18N2O4. The molecule has 108 valence electrons. The lowest BCUT2D eigenvalue weighted by Crippen LogP contribution is -2.33. The highest BCUT2D eigenvalue weighted by atomic mass is 16.6. The highest BCUT2D eigenvalue weighted by molar-refractivity contribution is 5.97. The van der Waals surface area contributed by atoms with Crippen LogP contribution in [0.5, 0.6) is 11.5 Å². The number of anilines is 2. The van der Waals surface area contributed by atoms with E-state index in [0.717, 1.165) is 19.3 Å². The van der Waals surface area contributed by atoms with E-state index in [0.29, 0.717) is 42.7 Å². The van der Waals surface area contributed by atoms with E-state index >= 15 is 0 Å². The molecule has 2 heterocycles. The van der Waals surface area contributed by atoms with Crippen molar-refractivity contribution in [3.8, 4) is 11.5 Å². The normalized spacial score (nSPS) is 21.3. The Kier molecular flexibility index (Phi) is 3.64. The molecule has 1 aromatic carbocycles. The SMILES string of the molecule is Nc1cc2c(cc1NC(=O)C1CCCCO1)OCCO2. The highest BCUT2D eigenvalue weighted by Gasteiger charge is 2.23. The fourth-order valence-electron chi connectivity index (χ4n) is 2.37. The van der Waals surface area contributed by atoms with Gasteiger partial charge in [0, 0.05) is 18.7 Å². The molecule has 1 amide bonds. The average Bonchev–Trinajstić information content (AvgIpc) is 2.49. The van der Waals surface area contributed by atoms with Gasteiger partial charge in [-0.2, -0.15) is 0 Å². The number of nitrogens with one attached hydrogen (secondary N) is 1. The van der Waals surface area contributed by atoms with Gasteiger partial charge < -0.3 is 25.3 Å². The van der Waals surface area contributed by atoms with Gasteiger partial charge in [0.05, 0.1) is 11.4 Å². The van der Waals surface area contributed by atoms with Crippen LogP contribution in [0.3, 0.4) is 0 Å². The lowest BCUT2D eigenvalue weighted by Gasteiger charge is -2.23. The minimum absolute atomic E-state index is 0.159. The molecule has 3 N–H and O–H groups in total. The summed E-state index contributed by atoms with van der Waals surface area (Å²) in [6.45, 7) is 1.64. The third-order valence-electron chi connectivity index (χ3n) is 3.44. The van der Waals surface area contributed by atoms with Gasteiger partial charge in [0.1, 0.15) is 19.3 Å². The second kappa shape index (κ2) is 5.58. The number of carbonyl (C=O) groups is 1. The summed E-state index contributed by atoms with van der Waals surface area (Å²) >= 11 is 0. The lowest BCUT2D eigenvalue weighted by atomic mass is 10.1. The van der Waals surface area contributed by atoms with Gasteiger partial charge in [-0.25, -0.2) is 0 Å². The molecule has 1 unspecified atom stereocenters. The van der Waals surface area contributed by atoms with Gasteiger partial charge in [-0.05, 0) is 19.3 Å². The van der Waals surface area contributed by atoms with E-state index in [9.17, 15) is 4.79 Å². The predicted molar refractivity (Wildman–Crippen MR) is 74.1 cm³/mol. The minimum atomic E-state index is -0.392. The van der Waals surface area contributed by atoms with Crippen LogP contribution in [-0.2, 0) is 9.53 Å². The zero-order chi connectivity index (χ0) is 13.9. The van der Waals surface area contributed by atoms with Crippen LogP contribution in [0.4, 0.5) is 11.4 Å². The van der Waals surface area contributed by atoms with Crippen molar-refractivity contribution in [1.82, 2.24) is 0 Å². The third kappa shape index (κ3) is 2.65. The molecule has 20 heavy (non-hydrogen) atoms. The number of hydrogen-bond acceptors (Lipinski definition) is 5. The zero-order valence-electron chi connectivity index (χ0n) is 11.2. The quantitative estimate of drug-likeness (QED) is 0.802. The first-order chi connectivity index (χ1) is 9.74. The van der Waals surface area contributed by atoms with Crippen molar-refractivity contribution in [1.29, 1.82) is 0 Å². The number of carbonyl (C=O) groups excluding carboxylic acids is 1. The zero-order valence-corrected chi connectivity index (χ0v) is 11.2. The Morgan fingerprint density at radius 2 is 1.90 bits per heavy atom. The molecule has 1 aromatic rings. The molecule has 0 aliphatic carbocycles. The first kappa shape index (κ1) is 13.1. The lowest BCUT2D eigenvalue weighted by molar-refractivity contribution is -0.129. The number of hydrogen-bond donors (Lipinski definition) is 2. The summed E-state index contributed by atoms with van der Waals surface area (Å²) in [4.78, 5) is 12.1. The largest absolute Gasteiger partial charge is 0.486 e. The molecule has 1 atom stereocenters. The Morgan fingerprint density at radius 3 is 2.60 bits per heavy atom. The monoisotopic (exact) mass is 278 g/mol. The van der Waals surface area contributed by atoms with Crippen molar-refractivity contribution in [3.63, 3.8) is 0 Å². The third-order valence-corrected chi connectivity index (χ3v) is 3.44. The highest BCUT2D eigenvalue weighted by Crippen LogP contribution is 2.37. The average molecular weight is 278 g/mol. The Bertz CT molecular complexity index is 512. The molecule has 1 fully saturated rings. The molecule has 1 saturated heterocycles. The fourth-order valence-corrected chi connectivity index (χ4v) is 2.37. The summed E-state index contributed by atoms with van der Waals surface area (Å²) in [5, 5.41) is 2.81. The van der Waals surface area contributed by atoms with E-state index in [1.807, 2.05) is 0 Å². The molecule has 2 aliphatic heterocycles. The summed E-state index contributed by atoms with van der Waals surface area (Å²) in [7, 11) is 0. The van der Waals surface area contributed by atoms with Crippen LogP contribution >= 0.6 is 0 Å². The van der Waals surface area contributed by atoms with E-state index in [-0.39, 0.29) is 5.91 Å². The van der Waals surface area contributed by atoms with Crippen molar-refractivity contribution in [3.05, 3.63) is 12.1 Å². The molecule has 0 bridgehead atoms. The first-order valence-electron chi connectivity index (χ1n) is 6.85. The molecular weight excluding hydrogens is 260 g/mol. The van der Waals surface area contributed by atoms with Crippen molar-refractivity contribution >= 4 is 17.3 Å². The number of nitrogen functional groups attached to an aromatic ring is 1. The predicted octanol–water partition coefficient (Wildman–Crippen LogP) is 1.55. The van der Waals surface area contributed by atoms with Gasteiger partial charge in [-0.1, -0.05) is 0 Å². The number of rotatable bonds is 2. The smallest absolute Gasteiger partial charge is 0.253 e. The van der Waals surface area contributed by atoms with Gasteiger partial charge in [0.2, 0.25) is 0 Å². The molecule has 0 radical (unpaired) electrons. The van der Waals surface area contributed by atoms with Gasteiger partial charge in [-0.3, -0.25) is 4.79 Å². The van der Waals surface area contributed by atoms with Gasteiger partial charge in [0.25, 0.3) is 5.91 Å². The number of benzene rings is 1. The van der Waals surface area contributed by atoms with Crippen LogP contribution in [0, 0.1) is 0 Å². The summed E-state index contributed by atoms with van der Waals surface area (Å²) in [5.74, 6) is 1.05. The van der Waals surface area contributed by atoms with Crippen molar-refractivity contribution in [2.24, 2.45) is 0 Å². The summed E-state index contributed by atoms with van der Waals surface area (Å²) in [6.07, 6.45) is 2.37. The maximum absolute atomic E-state index is 12.1. The molecule has 6 heteroatoms. The van der Waals surface area contributed by atoms with Gasteiger partial charge in [0.15, 0.2) is 11.5 Å². The second-order valence-corrected chi connectivity index (χ2v) is 4.93. The Morgan fingerprint density at radius 1 is 1.15 bits per heavy atom. The van der Waals surface area contributed by atoms with Crippen molar-refractivity contribution in [2.75, 3.05) is 30.9 Å².